The van der Waals surface area contributed by atoms with Gasteiger partial charge in [-0.3, -0.25) is 10.3 Å². The van der Waals surface area contributed by atoms with Gasteiger partial charge < -0.3 is 21.3 Å². The fourth-order valence-electron chi connectivity index (χ4n) is 3.45. The molecule has 0 bridgehead atoms. The van der Waals surface area contributed by atoms with Crippen LogP contribution in [0.2, 0.25) is 0 Å². The first-order valence-electron chi connectivity index (χ1n) is 8.87. The Kier molecular flexibility index (Phi) is 7.48. The molecule has 140 valence electrons. The molecule has 1 saturated heterocycles. The van der Waals surface area contributed by atoms with E-state index in [0.717, 1.165) is 45.6 Å². The van der Waals surface area contributed by atoms with Crippen molar-refractivity contribution in [1.29, 1.82) is 5.41 Å². The fraction of sp³-hybridized carbons (Fsp3) is 0.882. The first kappa shape index (κ1) is 20.7. The van der Waals surface area contributed by atoms with Crippen molar-refractivity contribution in [2.24, 2.45) is 11.1 Å². The van der Waals surface area contributed by atoms with Crippen LogP contribution in [0.4, 0.5) is 4.79 Å². The van der Waals surface area contributed by atoms with Crippen LogP contribution < -0.4 is 16.4 Å². The summed E-state index contributed by atoms with van der Waals surface area (Å²) in [7, 11) is 0. The zero-order valence-corrected chi connectivity index (χ0v) is 16.0. The molecule has 0 atom stereocenters. The lowest BCUT2D eigenvalue weighted by Crippen LogP contribution is -2.55. The summed E-state index contributed by atoms with van der Waals surface area (Å²) < 4.78 is 0. The van der Waals surface area contributed by atoms with Gasteiger partial charge in [-0.15, -0.1) is 0 Å². The molecule has 0 radical (unpaired) electrons. The molecule has 7 heteroatoms. The molecular formula is C17H36N6O. The van der Waals surface area contributed by atoms with Crippen molar-refractivity contribution in [3.63, 3.8) is 0 Å². The molecule has 24 heavy (non-hydrogen) atoms. The summed E-state index contributed by atoms with van der Waals surface area (Å²) in [6.45, 7) is 15.9. The van der Waals surface area contributed by atoms with Crippen LogP contribution in [0.25, 0.3) is 0 Å². The van der Waals surface area contributed by atoms with Crippen LogP contribution in [0.1, 0.15) is 47.5 Å². The number of nitrogens with two attached hydrogens (primary N) is 1. The van der Waals surface area contributed by atoms with Gasteiger partial charge in [0, 0.05) is 38.3 Å². The monoisotopic (exact) mass is 340 g/mol. The highest BCUT2D eigenvalue weighted by atomic mass is 16.2. The molecule has 0 aromatic rings. The number of rotatable bonds is 6. The van der Waals surface area contributed by atoms with Crippen LogP contribution in [0.5, 0.6) is 0 Å². The third kappa shape index (κ3) is 7.97. The lowest BCUT2D eigenvalue weighted by Gasteiger charge is -2.35. The molecule has 0 spiro atoms. The van der Waals surface area contributed by atoms with Gasteiger partial charge in [0.1, 0.15) is 0 Å². The zero-order valence-electron chi connectivity index (χ0n) is 16.0. The predicted molar refractivity (Wildman–Crippen MR) is 99.2 cm³/mol. The van der Waals surface area contributed by atoms with Gasteiger partial charge in [0.2, 0.25) is 0 Å². The van der Waals surface area contributed by atoms with Crippen LogP contribution in [0, 0.1) is 10.8 Å². The molecule has 7 nitrogen and oxygen atoms in total. The van der Waals surface area contributed by atoms with Crippen molar-refractivity contribution in [2.45, 2.75) is 53.0 Å². The van der Waals surface area contributed by atoms with Crippen molar-refractivity contribution >= 4 is 12.0 Å². The Bertz CT molecular complexity index is 423. The highest BCUT2D eigenvalue weighted by Crippen LogP contribution is 2.26. The van der Waals surface area contributed by atoms with Crippen LogP contribution >= 0.6 is 0 Å². The minimum atomic E-state index is -0.346. The van der Waals surface area contributed by atoms with Gasteiger partial charge in [-0.1, -0.05) is 20.8 Å². The average Bonchev–Trinajstić information content (AvgIpc) is 2.40. The van der Waals surface area contributed by atoms with Crippen molar-refractivity contribution in [1.82, 2.24) is 20.4 Å². The Morgan fingerprint density at radius 1 is 1.25 bits per heavy atom. The number of hydrogen-bond acceptors (Lipinski definition) is 4. The molecule has 2 amide bonds. The second kappa shape index (κ2) is 8.67. The number of hydrogen-bond donors (Lipinski definition) is 4. The highest BCUT2D eigenvalue weighted by molar-refractivity contribution is 5.94. The quantitative estimate of drug-likeness (QED) is 0.434. The van der Waals surface area contributed by atoms with Crippen LogP contribution in [0.15, 0.2) is 0 Å². The summed E-state index contributed by atoms with van der Waals surface area (Å²) in [6.07, 6.45) is 1.66. The Morgan fingerprint density at radius 2 is 1.83 bits per heavy atom. The lowest BCUT2D eigenvalue weighted by molar-refractivity contribution is 0.188. The Hall–Kier alpha value is -1.34. The van der Waals surface area contributed by atoms with Crippen molar-refractivity contribution in [3.8, 4) is 0 Å². The largest absolute Gasteiger partial charge is 0.370 e. The lowest BCUT2D eigenvalue weighted by atomic mass is 9.82. The second-order valence-corrected chi connectivity index (χ2v) is 8.53. The van der Waals surface area contributed by atoms with Crippen LogP contribution in [-0.4, -0.2) is 66.6 Å². The third-order valence-corrected chi connectivity index (χ3v) is 4.02. The SMILES string of the molecule is CC(C)(C)CC(C)(C)NC(=O)N(CCCN1CCNCC1)C(=N)N. The average molecular weight is 341 g/mol. The van der Waals surface area contributed by atoms with E-state index in [-0.39, 0.29) is 22.9 Å². The van der Waals surface area contributed by atoms with Crippen LogP contribution in [-0.2, 0) is 0 Å². The molecule has 0 saturated carbocycles. The van der Waals surface area contributed by atoms with Gasteiger partial charge in [-0.2, -0.15) is 0 Å². The van der Waals surface area contributed by atoms with E-state index in [1.807, 2.05) is 13.8 Å². The number of carbonyl (C=O) groups excluding carboxylic acids is 1. The van der Waals surface area contributed by atoms with Gasteiger partial charge in [-0.25, -0.2) is 4.79 Å². The normalized spacial score (nSPS) is 16.7. The zero-order chi connectivity index (χ0) is 18.4. The molecule has 0 aromatic heterocycles. The predicted octanol–water partition coefficient (Wildman–Crippen LogP) is 1.40. The maximum atomic E-state index is 12.5. The van der Waals surface area contributed by atoms with E-state index in [4.69, 9.17) is 11.1 Å². The number of carbonyl (C=O) groups is 1. The highest BCUT2D eigenvalue weighted by Gasteiger charge is 2.29. The van der Waals surface area contributed by atoms with Gasteiger partial charge in [0.05, 0.1) is 0 Å². The number of piperazine rings is 1. The summed E-state index contributed by atoms with van der Waals surface area (Å²) in [5.41, 5.74) is 5.39. The summed E-state index contributed by atoms with van der Waals surface area (Å²) in [4.78, 5) is 16.2. The van der Waals surface area contributed by atoms with E-state index in [1.165, 1.54) is 4.90 Å². The molecule has 5 N–H and O–H groups in total. The molecule has 1 aliphatic rings. The minimum Gasteiger partial charge on any atom is -0.370 e. The van der Waals surface area contributed by atoms with Gasteiger partial charge >= 0.3 is 6.03 Å². The summed E-state index contributed by atoms with van der Waals surface area (Å²) in [5.74, 6) is -0.195. The van der Waals surface area contributed by atoms with E-state index in [0.29, 0.717) is 6.54 Å². The Labute approximate surface area is 146 Å². The maximum Gasteiger partial charge on any atom is 0.324 e. The topological polar surface area (TPSA) is 97.5 Å². The van der Waals surface area contributed by atoms with E-state index < -0.39 is 0 Å². The summed E-state index contributed by atoms with van der Waals surface area (Å²) in [5, 5.41) is 14.1. The van der Waals surface area contributed by atoms with Crippen LogP contribution in [0.3, 0.4) is 0 Å². The smallest absolute Gasteiger partial charge is 0.324 e. The van der Waals surface area contributed by atoms with Crippen molar-refractivity contribution < 1.29 is 4.79 Å². The molecular weight excluding hydrogens is 304 g/mol. The van der Waals surface area contributed by atoms with Crippen molar-refractivity contribution in [3.05, 3.63) is 0 Å². The summed E-state index contributed by atoms with van der Waals surface area (Å²) >= 11 is 0. The molecule has 0 aliphatic carbocycles. The third-order valence-electron chi connectivity index (χ3n) is 4.02. The standard InChI is InChI=1S/C17H36N6O/c1-16(2,3)13-17(4,5)21-15(24)23(14(18)19)10-6-9-22-11-7-20-8-12-22/h20H,6-13H2,1-5H3,(H3,18,19)(H,21,24). The second-order valence-electron chi connectivity index (χ2n) is 8.53. The molecule has 1 aliphatic heterocycles. The number of nitrogens with zero attached hydrogens (tertiary/aromatic N) is 2. The first-order chi connectivity index (χ1) is 11.0. The van der Waals surface area contributed by atoms with Gasteiger partial charge in [0.15, 0.2) is 5.96 Å². The minimum absolute atomic E-state index is 0.111. The first-order valence-corrected chi connectivity index (χ1v) is 8.87. The molecule has 1 heterocycles. The maximum absolute atomic E-state index is 12.5. The van der Waals surface area contributed by atoms with Crippen molar-refractivity contribution in [2.75, 3.05) is 39.3 Å². The van der Waals surface area contributed by atoms with E-state index in [9.17, 15) is 4.79 Å². The number of amides is 2. The summed E-state index contributed by atoms with van der Waals surface area (Å²) in [6, 6.07) is -0.280. The Morgan fingerprint density at radius 3 is 2.33 bits per heavy atom. The van der Waals surface area contributed by atoms with Gasteiger partial charge in [-0.05, 0) is 38.6 Å². The van der Waals surface area contributed by atoms with Gasteiger partial charge in [0.25, 0.3) is 0 Å². The Balaban J connectivity index is 2.50. The van der Waals surface area contributed by atoms with E-state index >= 15 is 0 Å². The van der Waals surface area contributed by atoms with E-state index in [1.54, 1.807) is 0 Å². The fourth-order valence-corrected chi connectivity index (χ4v) is 3.45. The number of guanidine groups is 1. The number of urea groups is 1. The number of nitrogens with one attached hydrogen (secondary N) is 3. The molecule has 0 aromatic carbocycles. The molecule has 0 unspecified atom stereocenters. The molecule has 1 fully saturated rings. The van der Waals surface area contributed by atoms with E-state index in [2.05, 4.69) is 36.3 Å². The molecule has 1 rings (SSSR count).